The molecule has 0 spiro atoms. The molecule has 1 aromatic carbocycles. The Morgan fingerprint density at radius 2 is 1.96 bits per heavy atom. The molecular weight excluding hydrogens is 330 g/mol. The van der Waals surface area contributed by atoms with Gasteiger partial charge in [0.05, 0.1) is 4.92 Å². The smallest absolute Gasteiger partial charge is 0.293 e. The van der Waals surface area contributed by atoms with Gasteiger partial charge in [-0.3, -0.25) is 14.9 Å². The van der Waals surface area contributed by atoms with E-state index in [1.807, 2.05) is 4.90 Å². The zero-order valence-electron chi connectivity index (χ0n) is 15.3. The minimum absolute atomic E-state index is 0.00771. The third-order valence-electron chi connectivity index (χ3n) is 6.38. The fourth-order valence-corrected chi connectivity index (χ4v) is 4.72. The Kier molecular flexibility index (Phi) is 4.59. The largest absolute Gasteiger partial charge is 0.377 e. The molecule has 1 saturated heterocycles. The molecule has 1 aliphatic heterocycles. The highest BCUT2D eigenvalue weighted by atomic mass is 16.6. The predicted octanol–water partition coefficient (Wildman–Crippen LogP) is 4.21. The van der Waals surface area contributed by atoms with Crippen LogP contribution in [0.25, 0.3) is 0 Å². The van der Waals surface area contributed by atoms with Crippen molar-refractivity contribution < 1.29 is 9.72 Å². The van der Waals surface area contributed by atoms with Gasteiger partial charge in [-0.15, -0.1) is 0 Å². The summed E-state index contributed by atoms with van der Waals surface area (Å²) in [6.07, 6.45) is 7.79. The Morgan fingerprint density at radius 3 is 2.69 bits per heavy atom. The van der Waals surface area contributed by atoms with Crippen molar-refractivity contribution in [3.05, 3.63) is 33.9 Å². The molecule has 1 amide bonds. The third-order valence-corrected chi connectivity index (χ3v) is 6.38. The first-order valence-electron chi connectivity index (χ1n) is 9.90. The van der Waals surface area contributed by atoms with Gasteiger partial charge in [-0.2, -0.15) is 0 Å². The molecule has 3 aliphatic rings. The first-order chi connectivity index (χ1) is 12.5. The van der Waals surface area contributed by atoms with Crippen LogP contribution in [-0.4, -0.2) is 34.4 Å². The van der Waals surface area contributed by atoms with E-state index in [0.29, 0.717) is 35.2 Å². The third kappa shape index (κ3) is 3.29. The highest BCUT2D eigenvalue weighted by Gasteiger charge is 2.40. The van der Waals surface area contributed by atoms with Crippen molar-refractivity contribution in [2.45, 2.75) is 64.0 Å². The number of piperidine rings is 1. The lowest BCUT2D eigenvalue weighted by atomic mass is 9.72. The number of carbonyl (C=O) groups excluding carboxylic acids is 1. The van der Waals surface area contributed by atoms with Crippen molar-refractivity contribution in [1.29, 1.82) is 0 Å². The highest BCUT2D eigenvalue weighted by molar-refractivity contribution is 5.96. The van der Waals surface area contributed by atoms with E-state index >= 15 is 0 Å². The lowest BCUT2D eigenvalue weighted by Gasteiger charge is -2.47. The van der Waals surface area contributed by atoms with E-state index in [4.69, 9.17) is 0 Å². The highest BCUT2D eigenvalue weighted by Crippen LogP contribution is 2.40. The maximum atomic E-state index is 13.2. The Bertz CT molecular complexity index is 716. The topological polar surface area (TPSA) is 75.5 Å². The number of benzene rings is 1. The van der Waals surface area contributed by atoms with Gasteiger partial charge in [0.1, 0.15) is 5.69 Å². The minimum atomic E-state index is -0.386. The Labute approximate surface area is 154 Å². The number of likely N-dealkylation sites (tertiary alicyclic amines) is 1. The molecule has 0 radical (unpaired) electrons. The quantitative estimate of drug-likeness (QED) is 0.647. The van der Waals surface area contributed by atoms with Gasteiger partial charge in [-0.05, 0) is 56.1 Å². The van der Waals surface area contributed by atoms with Gasteiger partial charge in [0.2, 0.25) is 0 Å². The SMILES string of the molecule is CC1CCN(C(=O)c2ccc(NC3CC3)c([N+](=O)[O-])c2)C2CCCCC12. The summed E-state index contributed by atoms with van der Waals surface area (Å²) < 4.78 is 0. The molecule has 6 nitrogen and oxygen atoms in total. The van der Waals surface area contributed by atoms with Gasteiger partial charge in [-0.1, -0.05) is 19.8 Å². The fourth-order valence-electron chi connectivity index (χ4n) is 4.72. The molecule has 3 atom stereocenters. The van der Waals surface area contributed by atoms with E-state index < -0.39 is 0 Å². The summed E-state index contributed by atoms with van der Waals surface area (Å²) in [5.74, 6) is 1.19. The fraction of sp³-hybridized carbons (Fsp3) is 0.650. The number of nitrogens with one attached hydrogen (secondary N) is 1. The average molecular weight is 357 g/mol. The molecule has 140 valence electrons. The van der Waals surface area contributed by atoms with Crippen molar-refractivity contribution in [1.82, 2.24) is 4.90 Å². The average Bonchev–Trinajstić information content (AvgIpc) is 3.46. The molecule has 26 heavy (non-hydrogen) atoms. The molecule has 2 saturated carbocycles. The summed E-state index contributed by atoms with van der Waals surface area (Å²) in [6, 6.07) is 5.54. The lowest BCUT2D eigenvalue weighted by molar-refractivity contribution is -0.384. The number of nitro benzene ring substituents is 1. The monoisotopic (exact) mass is 357 g/mol. The van der Waals surface area contributed by atoms with Crippen LogP contribution >= 0.6 is 0 Å². The number of anilines is 1. The second-order valence-electron chi connectivity index (χ2n) is 8.19. The number of carbonyl (C=O) groups is 1. The molecule has 1 aromatic rings. The van der Waals surface area contributed by atoms with Crippen LogP contribution in [0.4, 0.5) is 11.4 Å². The summed E-state index contributed by atoms with van der Waals surface area (Å²) in [6.45, 7) is 3.06. The summed E-state index contributed by atoms with van der Waals surface area (Å²) in [4.78, 5) is 26.3. The normalized spacial score (nSPS) is 28.3. The van der Waals surface area contributed by atoms with Crippen molar-refractivity contribution >= 4 is 17.3 Å². The second-order valence-corrected chi connectivity index (χ2v) is 8.19. The van der Waals surface area contributed by atoms with Gasteiger partial charge < -0.3 is 10.2 Å². The zero-order valence-corrected chi connectivity index (χ0v) is 15.3. The zero-order chi connectivity index (χ0) is 18.3. The molecule has 0 aromatic heterocycles. The van der Waals surface area contributed by atoms with Crippen molar-refractivity contribution in [2.75, 3.05) is 11.9 Å². The van der Waals surface area contributed by atoms with Crippen LogP contribution in [0.1, 0.15) is 62.2 Å². The molecule has 2 aliphatic carbocycles. The summed E-state index contributed by atoms with van der Waals surface area (Å²) in [7, 11) is 0. The van der Waals surface area contributed by atoms with E-state index in [0.717, 1.165) is 32.2 Å². The standard InChI is InChI=1S/C20H27N3O3/c1-13-10-11-22(18-5-3-2-4-16(13)18)20(24)14-6-9-17(21-15-7-8-15)19(12-14)23(25)26/h6,9,12-13,15-16,18,21H,2-5,7-8,10-11H2,1H3. The van der Waals surface area contributed by atoms with Gasteiger partial charge in [-0.25, -0.2) is 0 Å². The summed E-state index contributed by atoms with van der Waals surface area (Å²) >= 11 is 0. The Hall–Kier alpha value is -2.11. The molecule has 3 unspecified atom stereocenters. The van der Waals surface area contributed by atoms with Crippen LogP contribution in [0.3, 0.4) is 0 Å². The van der Waals surface area contributed by atoms with Crippen LogP contribution in [0.5, 0.6) is 0 Å². The van der Waals surface area contributed by atoms with Crippen LogP contribution < -0.4 is 5.32 Å². The predicted molar refractivity (Wildman–Crippen MR) is 100 cm³/mol. The molecule has 1 heterocycles. The van der Waals surface area contributed by atoms with Crippen molar-refractivity contribution in [3.63, 3.8) is 0 Å². The summed E-state index contributed by atoms with van der Waals surface area (Å²) in [5, 5.41) is 14.7. The van der Waals surface area contributed by atoms with Gasteiger partial charge >= 0.3 is 0 Å². The molecule has 3 fully saturated rings. The van der Waals surface area contributed by atoms with Crippen molar-refractivity contribution in [2.24, 2.45) is 11.8 Å². The number of nitrogens with zero attached hydrogens (tertiary/aromatic N) is 2. The van der Waals surface area contributed by atoms with Crippen LogP contribution in [-0.2, 0) is 0 Å². The van der Waals surface area contributed by atoms with E-state index in [1.54, 1.807) is 12.1 Å². The molecule has 4 rings (SSSR count). The molecule has 6 heteroatoms. The number of rotatable bonds is 4. The molecule has 1 N–H and O–H groups in total. The van der Waals surface area contributed by atoms with E-state index in [2.05, 4.69) is 12.2 Å². The van der Waals surface area contributed by atoms with E-state index in [9.17, 15) is 14.9 Å². The van der Waals surface area contributed by atoms with Gasteiger partial charge in [0.15, 0.2) is 0 Å². The minimum Gasteiger partial charge on any atom is -0.377 e. The molecular formula is C20H27N3O3. The van der Waals surface area contributed by atoms with E-state index in [1.165, 1.54) is 25.3 Å². The maximum Gasteiger partial charge on any atom is 0.293 e. The van der Waals surface area contributed by atoms with Gasteiger partial charge in [0.25, 0.3) is 11.6 Å². The first kappa shape index (κ1) is 17.3. The number of fused-ring (bicyclic) bond motifs is 1. The first-order valence-corrected chi connectivity index (χ1v) is 9.90. The van der Waals surface area contributed by atoms with Gasteiger partial charge in [0, 0.05) is 30.3 Å². The van der Waals surface area contributed by atoms with Crippen LogP contribution in [0.2, 0.25) is 0 Å². The Balaban J connectivity index is 1.58. The second kappa shape index (κ2) is 6.89. The Morgan fingerprint density at radius 1 is 1.19 bits per heavy atom. The maximum absolute atomic E-state index is 13.2. The number of hydrogen-bond acceptors (Lipinski definition) is 4. The molecule has 0 bridgehead atoms. The van der Waals surface area contributed by atoms with Crippen molar-refractivity contribution in [3.8, 4) is 0 Å². The summed E-state index contributed by atoms with van der Waals surface area (Å²) in [5.41, 5.74) is 0.974. The van der Waals surface area contributed by atoms with Crippen LogP contribution in [0.15, 0.2) is 18.2 Å². The number of nitro groups is 1. The number of amides is 1. The van der Waals surface area contributed by atoms with E-state index in [-0.39, 0.29) is 16.5 Å². The lowest BCUT2D eigenvalue weighted by Crippen LogP contribution is -2.52. The van der Waals surface area contributed by atoms with Crippen LogP contribution in [0, 0.1) is 22.0 Å². The number of hydrogen-bond donors (Lipinski definition) is 1.